The maximum absolute atomic E-state index is 10.2. The van der Waals surface area contributed by atoms with Gasteiger partial charge in [0.15, 0.2) is 0 Å². The Balaban J connectivity index is 2.99. The molecule has 2 N–H and O–H groups in total. The Bertz CT molecular complexity index is 174. The molecule has 0 saturated carbocycles. The predicted molar refractivity (Wildman–Crippen MR) is 60.3 cm³/mol. The summed E-state index contributed by atoms with van der Waals surface area (Å²) in [6, 6.07) is 0. The topological polar surface area (TPSA) is 74.6 Å². The molecule has 0 aliphatic rings. The highest BCUT2D eigenvalue weighted by molar-refractivity contribution is 7.99. The summed E-state index contributed by atoms with van der Waals surface area (Å²) in [6.45, 7) is 0. The summed E-state index contributed by atoms with van der Waals surface area (Å²) >= 11 is 1.74. The van der Waals surface area contributed by atoms with E-state index in [0.717, 1.165) is 37.2 Å². The Morgan fingerprint density at radius 2 is 1.33 bits per heavy atom. The largest absolute Gasteiger partial charge is 0.481 e. The normalized spacial score (nSPS) is 10.1. The Kier molecular flexibility index (Phi) is 9.36. The number of hydrogen-bond donors (Lipinski definition) is 2. The average Bonchev–Trinajstić information content (AvgIpc) is 2.14. The molecule has 0 amide bonds. The predicted octanol–water partition coefficient (Wildman–Crippen LogP) is 2.23. The lowest BCUT2D eigenvalue weighted by Crippen LogP contribution is -1.96. The van der Waals surface area contributed by atoms with Gasteiger partial charge in [0.25, 0.3) is 0 Å². The van der Waals surface area contributed by atoms with Crippen molar-refractivity contribution in [3.05, 3.63) is 0 Å². The van der Waals surface area contributed by atoms with Crippen molar-refractivity contribution in [2.75, 3.05) is 11.5 Å². The zero-order valence-electron chi connectivity index (χ0n) is 8.78. The van der Waals surface area contributed by atoms with Gasteiger partial charge in [-0.3, -0.25) is 9.59 Å². The molecule has 15 heavy (non-hydrogen) atoms. The third kappa shape index (κ3) is 13.3. The first-order valence-corrected chi connectivity index (χ1v) is 6.29. The molecule has 0 heterocycles. The van der Waals surface area contributed by atoms with Crippen molar-refractivity contribution in [2.45, 2.75) is 38.5 Å². The van der Waals surface area contributed by atoms with Crippen molar-refractivity contribution in [1.29, 1.82) is 0 Å². The third-order valence-corrected chi connectivity index (χ3v) is 3.01. The summed E-state index contributed by atoms with van der Waals surface area (Å²) in [6.07, 6.45) is 3.92. The van der Waals surface area contributed by atoms with Crippen molar-refractivity contribution in [2.24, 2.45) is 0 Å². The number of carboxylic acid groups (broad SMARTS) is 2. The summed E-state index contributed by atoms with van der Waals surface area (Å²) in [5.41, 5.74) is 0. The highest BCUT2D eigenvalue weighted by Crippen LogP contribution is 2.09. The van der Waals surface area contributed by atoms with Crippen LogP contribution in [0.5, 0.6) is 0 Å². The number of unbranched alkanes of at least 4 members (excludes halogenated alkanes) is 2. The van der Waals surface area contributed by atoms with Gasteiger partial charge in [-0.1, -0.05) is 6.42 Å². The van der Waals surface area contributed by atoms with Crippen LogP contribution in [-0.4, -0.2) is 33.7 Å². The maximum Gasteiger partial charge on any atom is 0.303 e. The molecule has 0 aromatic carbocycles. The minimum Gasteiger partial charge on any atom is -0.481 e. The van der Waals surface area contributed by atoms with Crippen LogP contribution in [0.2, 0.25) is 0 Å². The van der Waals surface area contributed by atoms with Crippen LogP contribution in [0, 0.1) is 0 Å². The Hall–Kier alpha value is -0.710. The second kappa shape index (κ2) is 9.83. The number of carboxylic acids is 2. The second-order valence-corrected chi connectivity index (χ2v) is 4.54. The van der Waals surface area contributed by atoms with E-state index < -0.39 is 11.9 Å². The molecular weight excluding hydrogens is 216 g/mol. The fourth-order valence-electron chi connectivity index (χ4n) is 1.08. The lowest BCUT2D eigenvalue weighted by atomic mass is 10.2. The van der Waals surface area contributed by atoms with Crippen LogP contribution in [0.4, 0.5) is 0 Å². The zero-order chi connectivity index (χ0) is 11.5. The number of thioether (sulfide) groups is 1. The molecule has 0 rings (SSSR count). The molecule has 88 valence electrons. The van der Waals surface area contributed by atoms with Crippen molar-refractivity contribution in [3.63, 3.8) is 0 Å². The molecule has 4 nitrogen and oxygen atoms in total. The molecule has 0 aromatic heterocycles. The van der Waals surface area contributed by atoms with Gasteiger partial charge in [-0.25, -0.2) is 0 Å². The molecule has 0 fully saturated rings. The van der Waals surface area contributed by atoms with Crippen LogP contribution in [0.15, 0.2) is 0 Å². The minimum absolute atomic E-state index is 0.242. The van der Waals surface area contributed by atoms with E-state index in [1.807, 2.05) is 0 Å². The molecular formula is C10H18O4S. The van der Waals surface area contributed by atoms with E-state index in [9.17, 15) is 9.59 Å². The van der Waals surface area contributed by atoms with Crippen LogP contribution >= 0.6 is 11.8 Å². The SMILES string of the molecule is O=C(O)CCCCCSCCCC(=O)O. The lowest BCUT2D eigenvalue weighted by molar-refractivity contribution is -0.138. The average molecular weight is 234 g/mol. The number of rotatable bonds is 10. The third-order valence-electron chi connectivity index (χ3n) is 1.86. The summed E-state index contributed by atoms with van der Waals surface area (Å²) in [4.78, 5) is 20.3. The second-order valence-electron chi connectivity index (χ2n) is 3.31. The van der Waals surface area contributed by atoms with E-state index in [1.165, 1.54) is 0 Å². The minimum atomic E-state index is -0.739. The van der Waals surface area contributed by atoms with E-state index in [-0.39, 0.29) is 12.8 Å². The van der Waals surface area contributed by atoms with E-state index in [0.29, 0.717) is 0 Å². The smallest absolute Gasteiger partial charge is 0.303 e. The van der Waals surface area contributed by atoms with E-state index >= 15 is 0 Å². The van der Waals surface area contributed by atoms with Gasteiger partial charge < -0.3 is 10.2 Å². The zero-order valence-corrected chi connectivity index (χ0v) is 9.59. The van der Waals surface area contributed by atoms with Gasteiger partial charge >= 0.3 is 11.9 Å². The molecule has 0 aromatic rings. The first-order chi connectivity index (χ1) is 7.13. The van der Waals surface area contributed by atoms with Crippen molar-refractivity contribution in [3.8, 4) is 0 Å². The van der Waals surface area contributed by atoms with Crippen molar-refractivity contribution in [1.82, 2.24) is 0 Å². The molecule has 0 radical (unpaired) electrons. The number of carbonyl (C=O) groups is 2. The molecule has 0 atom stereocenters. The standard InChI is InChI=1S/C10H18O4S/c11-9(12)5-2-1-3-7-15-8-4-6-10(13)14/h1-8H2,(H,11,12)(H,13,14). The van der Waals surface area contributed by atoms with Crippen LogP contribution in [0.3, 0.4) is 0 Å². The van der Waals surface area contributed by atoms with E-state index in [2.05, 4.69) is 0 Å². The highest BCUT2D eigenvalue weighted by atomic mass is 32.2. The van der Waals surface area contributed by atoms with E-state index in [4.69, 9.17) is 10.2 Å². The van der Waals surface area contributed by atoms with Gasteiger partial charge in [-0.15, -0.1) is 0 Å². The molecule has 5 heteroatoms. The Morgan fingerprint density at radius 1 is 0.800 bits per heavy atom. The molecule has 0 aliphatic heterocycles. The monoisotopic (exact) mass is 234 g/mol. The summed E-state index contributed by atoms with van der Waals surface area (Å²) < 4.78 is 0. The summed E-state index contributed by atoms with van der Waals surface area (Å²) in [5, 5.41) is 16.8. The molecule has 0 unspecified atom stereocenters. The van der Waals surface area contributed by atoms with Crippen LogP contribution in [0.1, 0.15) is 38.5 Å². The lowest BCUT2D eigenvalue weighted by Gasteiger charge is -2.00. The van der Waals surface area contributed by atoms with Crippen molar-refractivity contribution >= 4 is 23.7 Å². The van der Waals surface area contributed by atoms with Crippen LogP contribution < -0.4 is 0 Å². The first-order valence-electron chi connectivity index (χ1n) is 5.14. The van der Waals surface area contributed by atoms with Crippen molar-refractivity contribution < 1.29 is 19.8 Å². The van der Waals surface area contributed by atoms with Gasteiger partial charge in [0.2, 0.25) is 0 Å². The van der Waals surface area contributed by atoms with Gasteiger partial charge in [-0.05, 0) is 30.8 Å². The molecule has 0 spiro atoms. The van der Waals surface area contributed by atoms with Gasteiger partial charge in [0.1, 0.15) is 0 Å². The fourth-order valence-corrected chi connectivity index (χ4v) is 2.05. The first kappa shape index (κ1) is 14.3. The molecule has 0 aliphatic carbocycles. The number of hydrogen-bond acceptors (Lipinski definition) is 3. The van der Waals surface area contributed by atoms with Gasteiger partial charge in [0, 0.05) is 12.8 Å². The molecule has 0 bridgehead atoms. The van der Waals surface area contributed by atoms with Crippen LogP contribution in [-0.2, 0) is 9.59 Å². The Morgan fingerprint density at radius 3 is 1.93 bits per heavy atom. The quantitative estimate of drug-likeness (QED) is 0.567. The fraction of sp³-hybridized carbons (Fsp3) is 0.800. The highest BCUT2D eigenvalue weighted by Gasteiger charge is 1.98. The van der Waals surface area contributed by atoms with Crippen LogP contribution in [0.25, 0.3) is 0 Å². The number of aliphatic carboxylic acids is 2. The Labute approximate surface area is 94.1 Å². The maximum atomic E-state index is 10.2. The molecule has 0 saturated heterocycles. The van der Waals surface area contributed by atoms with Gasteiger partial charge in [-0.2, -0.15) is 11.8 Å². The summed E-state index contributed by atoms with van der Waals surface area (Å²) in [5.74, 6) is 0.408. The summed E-state index contributed by atoms with van der Waals surface area (Å²) in [7, 11) is 0. The van der Waals surface area contributed by atoms with Gasteiger partial charge in [0.05, 0.1) is 0 Å². The van der Waals surface area contributed by atoms with E-state index in [1.54, 1.807) is 11.8 Å².